The second-order valence-corrected chi connectivity index (χ2v) is 10.3. The Morgan fingerprint density at radius 3 is 2.66 bits per heavy atom. The standard InChI is InChI=1S/C19H25ClN4O3S2/c1-14-7-10-24(11-8-14)12-16-13-28-19(22-16)23-18(25)6-9-21-29(26,27)17-4-2-15(20)3-5-17/h2-5,13-14,21H,6-12H2,1H3,(H,22,23,25). The molecule has 2 N–H and O–H groups in total. The Kier molecular flexibility index (Phi) is 7.64. The van der Waals surface area contributed by atoms with Gasteiger partial charge in [0, 0.05) is 29.9 Å². The highest BCUT2D eigenvalue weighted by atomic mass is 35.5. The van der Waals surface area contributed by atoms with Gasteiger partial charge < -0.3 is 5.32 Å². The maximum Gasteiger partial charge on any atom is 0.240 e. The molecule has 0 atom stereocenters. The second-order valence-electron chi connectivity index (χ2n) is 7.25. The topological polar surface area (TPSA) is 91.4 Å². The summed E-state index contributed by atoms with van der Waals surface area (Å²) in [7, 11) is -3.67. The van der Waals surface area contributed by atoms with Crippen LogP contribution in [0.25, 0.3) is 0 Å². The van der Waals surface area contributed by atoms with Crippen LogP contribution >= 0.6 is 22.9 Å². The summed E-state index contributed by atoms with van der Waals surface area (Å²) in [6, 6.07) is 5.86. The first-order valence-electron chi connectivity index (χ1n) is 9.53. The van der Waals surface area contributed by atoms with Gasteiger partial charge in [-0.25, -0.2) is 18.1 Å². The first-order chi connectivity index (χ1) is 13.8. The minimum Gasteiger partial charge on any atom is -0.302 e. The van der Waals surface area contributed by atoms with E-state index in [1.807, 2.05) is 5.38 Å². The third-order valence-corrected chi connectivity index (χ3v) is 7.36. The van der Waals surface area contributed by atoms with Gasteiger partial charge in [0.15, 0.2) is 5.13 Å². The van der Waals surface area contributed by atoms with Crippen LogP contribution in [0.2, 0.25) is 5.02 Å². The van der Waals surface area contributed by atoms with Crippen molar-refractivity contribution in [3.8, 4) is 0 Å². The molecule has 0 saturated carbocycles. The Labute approximate surface area is 180 Å². The van der Waals surface area contributed by atoms with E-state index in [1.165, 1.54) is 48.4 Å². The molecule has 1 aliphatic heterocycles. The number of piperidine rings is 1. The number of aromatic nitrogens is 1. The monoisotopic (exact) mass is 456 g/mol. The number of nitrogens with one attached hydrogen (secondary N) is 2. The number of carbonyl (C=O) groups is 1. The van der Waals surface area contributed by atoms with Crippen molar-refractivity contribution in [2.45, 2.75) is 37.6 Å². The highest BCUT2D eigenvalue weighted by molar-refractivity contribution is 7.89. The molecule has 1 aromatic carbocycles. The molecule has 3 rings (SSSR count). The van der Waals surface area contributed by atoms with Crippen molar-refractivity contribution in [2.75, 3.05) is 25.0 Å². The number of hydrogen-bond donors (Lipinski definition) is 2. The Bertz CT molecular complexity index is 923. The fourth-order valence-electron chi connectivity index (χ4n) is 3.06. The number of thiazole rings is 1. The van der Waals surface area contributed by atoms with Gasteiger partial charge in [0.2, 0.25) is 15.9 Å². The lowest BCUT2D eigenvalue weighted by Gasteiger charge is -2.29. The van der Waals surface area contributed by atoms with Crippen molar-refractivity contribution in [3.05, 3.63) is 40.4 Å². The van der Waals surface area contributed by atoms with Gasteiger partial charge in [-0.3, -0.25) is 9.69 Å². The number of amides is 1. The summed E-state index contributed by atoms with van der Waals surface area (Å²) in [6.45, 7) is 5.23. The van der Waals surface area contributed by atoms with E-state index in [4.69, 9.17) is 11.6 Å². The second kappa shape index (κ2) is 9.99. The van der Waals surface area contributed by atoms with E-state index in [2.05, 4.69) is 26.8 Å². The van der Waals surface area contributed by atoms with E-state index < -0.39 is 10.0 Å². The zero-order valence-electron chi connectivity index (χ0n) is 16.2. The third kappa shape index (κ3) is 6.75. The summed E-state index contributed by atoms with van der Waals surface area (Å²) in [5.41, 5.74) is 0.947. The number of hydrogen-bond acceptors (Lipinski definition) is 6. The molecule has 0 bridgehead atoms. The average molecular weight is 457 g/mol. The molecule has 2 aromatic rings. The number of benzene rings is 1. The summed E-state index contributed by atoms with van der Waals surface area (Å²) in [4.78, 5) is 19.1. The van der Waals surface area contributed by atoms with Crippen molar-refractivity contribution in [1.29, 1.82) is 0 Å². The summed E-state index contributed by atoms with van der Waals surface area (Å²) >= 11 is 7.15. The van der Waals surface area contributed by atoms with Crippen molar-refractivity contribution in [3.63, 3.8) is 0 Å². The van der Waals surface area contributed by atoms with Crippen LogP contribution in [0, 0.1) is 5.92 Å². The quantitative estimate of drug-likeness (QED) is 0.635. The molecule has 1 aromatic heterocycles. The molecule has 1 amide bonds. The van der Waals surface area contributed by atoms with E-state index in [0.717, 1.165) is 31.2 Å². The SMILES string of the molecule is CC1CCN(Cc2csc(NC(=O)CCNS(=O)(=O)c3ccc(Cl)cc3)n2)CC1. The molecular weight excluding hydrogens is 432 g/mol. The molecular formula is C19H25ClN4O3S2. The summed E-state index contributed by atoms with van der Waals surface area (Å²) in [5, 5.41) is 5.69. The smallest absolute Gasteiger partial charge is 0.240 e. The van der Waals surface area contributed by atoms with Crippen molar-refractivity contribution in [2.24, 2.45) is 5.92 Å². The minimum atomic E-state index is -3.67. The zero-order chi connectivity index (χ0) is 20.9. The van der Waals surface area contributed by atoms with Gasteiger partial charge in [-0.1, -0.05) is 18.5 Å². The molecule has 0 spiro atoms. The van der Waals surface area contributed by atoms with E-state index >= 15 is 0 Å². The average Bonchev–Trinajstić information content (AvgIpc) is 3.10. The van der Waals surface area contributed by atoms with Crippen LogP contribution in [0.5, 0.6) is 0 Å². The fraction of sp³-hybridized carbons (Fsp3) is 0.474. The van der Waals surface area contributed by atoms with Crippen molar-refractivity contribution >= 4 is 44.0 Å². The lowest BCUT2D eigenvalue weighted by atomic mass is 9.99. The van der Waals surface area contributed by atoms with Gasteiger partial charge in [-0.2, -0.15) is 0 Å². The highest BCUT2D eigenvalue weighted by Crippen LogP contribution is 2.21. The Morgan fingerprint density at radius 2 is 1.97 bits per heavy atom. The van der Waals surface area contributed by atoms with E-state index in [1.54, 1.807) is 0 Å². The molecule has 29 heavy (non-hydrogen) atoms. The summed E-state index contributed by atoms with van der Waals surface area (Å²) in [6.07, 6.45) is 2.44. The minimum absolute atomic E-state index is 0.000980. The van der Waals surface area contributed by atoms with Gasteiger partial charge in [0.25, 0.3) is 0 Å². The number of likely N-dealkylation sites (tertiary alicyclic amines) is 1. The normalized spacial score (nSPS) is 16.1. The molecule has 0 radical (unpaired) electrons. The highest BCUT2D eigenvalue weighted by Gasteiger charge is 2.17. The molecule has 2 heterocycles. The zero-order valence-corrected chi connectivity index (χ0v) is 18.6. The molecule has 10 heteroatoms. The Hall–Kier alpha value is -1.52. The van der Waals surface area contributed by atoms with Crippen LogP contribution in [-0.2, 0) is 21.4 Å². The van der Waals surface area contributed by atoms with Gasteiger partial charge in [0.05, 0.1) is 10.6 Å². The van der Waals surface area contributed by atoms with E-state index in [0.29, 0.717) is 10.2 Å². The molecule has 1 fully saturated rings. The predicted molar refractivity (Wildman–Crippen MR) is 116 cm³/mol. The van der Waals surface area contributed by atoms with Crippen molar-refractivity contribution in [1.82, 2.24) is 14.6 Å². The van der Waals surface area contributed by atoms with Crippen LogP contribution < -0.4 is 10.0 Å². The number of anilines is 1. The maximum atomic E-state index is 12.2. The van der Waals surface area contributed by atoms with Crippen LogP contribution in [0.3, 0.4) is 0 Å². The maximum absolute atomic E-state index is 12.2. The lowest BCUT2D eigenvalue weighted by molar-refractivity contribution is -0.116. The first kappa shape index (κ1) is 22.2. The van der Waals surface area contributed by atoms with Gasteiger partial charge in [-0.15, -0.1) is 11.3 Å². The summed E-state index contributed by atoms with van der Waals surface area (Å²) < 4.78 is 26.8. The lowest BCUT2D eigenvalue weighted by Crippen LogP contribution is -2.32. The van der Waals surface area contributed by atoms with Crippen LogP contribution in [0.15, 0.2) is 34.5 Å². The predicted octanol–water partition coefficient (Wildman–Crippen LogP) is 3.34. The fourth-order valence-corrected chi connectivity index (χ4v) is 4.94. The van der Waals surface area contributed by atoms with Gasteiger partial charge >= 0.3 is 0 Å². The van der Waals surface area contributed by atoms with Crippen LogP contribution in [0.4, 0.5) is 5.13 Å². The van der Waals surface area contributed by atoms with Gasteiger partial charge in [0.1, 0.15) is 0 Å². The summed E-state index contributed by atoms with van der Waals surface area (Å²) in [5.74, 6) is 0.505. The molecule has 0 unspecified atom stereocenters. The first-order valence-corrected chi connectivity index (χ1v) is 12.3. The molecule has 1 aliphatic rings. The number of nitrogens with zero attached hydrogens (tertiary/aromatic N) is 2. The molecule has 0 aliphatic carbocycles. The molecule has 158 valence electrons. The Morgan fingerprint density at radius 1 is 1.28 bits per heavy atom. The molecule has 1 saturated heterocycles. The van der Waals surface area contributed by atoms with Crippen LogP contribution in [-0.4, -0.2) is 43.8 Å². The third-order valence-electron chi connectivity index (χ3n) is 4.83. The number of rotatable bonds is 8. The van der Waals surface area contributed by atoms with Crippen molar-refractivity contribution < 1.29 is 13.2 Å². The Balaban J connectivity index is 1.43. The van der Waals surface area contributed by atoms with Crippen LogP contribution in [0.1, 0.15) is 31.9 Å². The van der Waals surface area contributed by atoms with E-state index in [-0.39, 0.29) is 23.8 Å². The number of sulfonamides is 1. The molecule has 7 nitrogen and oxygen atoms in total. The van der Waals surface area contributed by atoms with Gasteiger partial charge in [-0.05, 0) is 56.1 Å². The van der Waals surface area contributed by atoms with E-state index in [9.17, 15) is 13.2 Å². The number of halogens is 1. The largest absolute Gasteiger partial charge is 0.302 e. The number of carbonyl (C=O) groups excluding carboxylic acids is 1.